The lowest BCUT2D eigenvalue weighted by atomic mass is 10.1. The van der Waals surface area contributed by atoms with Crippen molar-refractivity contribution in [2.45, 2.75) is 19.3 Å². The summed E-state index contributed by atoms with van der Waals surface area (Å²) in [4.78, 5) is 12.8. The molecule has 0 spiro atoms. The summed E-state index contributed by atoms with van der Waals surface area (Å²) in [7, 11) is 0. The van der Waals surface area contributed by atoms with Crippen LogP contribution in [0.2, 0.25) is 5.02 Å². The summed E-state index contributed by atoms with van der Waals surface area (Å²) in [5.74, 6) is 0. The van der Waals surface area contributed by atoms with Gasteiger partial charge in [-0.15, -0.1) is 0 Å². The quantitative estimate of drug-likeness (QED) is 0.822. The van der Waals surface area contributed by atoms with E-state index in [4.69, 9.17) is 11.6 Å². The van der Waals surface area contributed by atoms with E-state index >= 15 is 0 Å². The number of anilines is 2. The number of carbonyl (C=O) groups is 1. The summed E-state index contributed by atoms with van der Waals surface area (Å²) in [5, 5.41) is 3.35. The van der Waals surface area contributed by atoms with Gasteiger partial charge in [0.2, 0.25) is 6.41 Å². The molecule has 86 valence electrons. The van der Waals surface area contributed by atoms with Gasteiger partial charge in [0.1, 0.15) is 0 Å². The molecule has 1 aliphatic rings. The molecule has 0 unspecified atom stereocenters. The molecule has 1 fully saturated rings. The molecule has 2 rings (SSSR count). The van der Waals surface area contributed by atoms with Crippen LogP contribution in [0.1, 0.15) is 19.3 Å². The Morgan fingerprint density at radius 3 is 2.69 bits per heavy atom. The SMILES string of the molecule is O=CNc1cc(Cl)ccc1N1CCCCC1. The first-order chi connectivity index (χ1) is 7.81. The number of halogens is 1. The first-order valence-electron chi connectivity index (χ1n) is 5.56. The number of carbonyl (C=O) groups excluding carboxylic acids is 1. The molecule has 0 atom stereocenters. The fourth-order valence-corrected chi connectivity index (χ4v) is 2.27. The third kappa shape index (κ3) is 2.47. The number of rotatable bonds is 3. The van der Waals surface area contributed by atoms with E-state index in [9.17, 15) is 4.79 Å². The predicted molar refractivity (Wildman–Crippen MR) is 67.2 cm³/mol. The van der Waals surface area contributed by atoms with E-state index in [1.54, 1.807) is 6.07 Å². The minimum Gasteiger partial charge on any atom is -0.370 e. The molecule has 1 aliphatic heterocycles. The van der Waals surface area contributed by atoms with Crippen LogP contribution in [0.25, 0.3) is 0 Å². The van der Waals surface area contributed by atoms with Crippen molar-refractivity contribution < 1.29 is 4.79 Å². The number of hydrogen-bond donors (Lipinski definition) is 1. The molecule has 3 nitrogen and oxygen atoms in total. The van der Waals surface area contributed by atoms with E-state index in [0.29, 0.717) is 11.4 Å². The zero-order chi connectivity index (χ0) is 11.4. The predicted octanol–water partition coefficient (Wildman–Crippen LogP) is 2.90. The standard InChI is InChI=1S/C12H15ClN2O/c13-10-4-5-12(11(8-10)14-9-16)15-6-2-1-3-7-15/h4-5,8-9H,1-3,6-7H2,(H,14,16). The van der Waals surface area contributed by atoms with Crippen molar-refractivity contribution in [2.24, 2.45) is 0 Å². The summed E-state index contributed by atoms with van der Waals surface area (Å²) in [6.07, 6.45) is 4.41. The van der Waals surface area contributed by atoms with Gasteiger partial charge in [0.25, 0.3) is 0 Å². The van der Waals surface area contributed by atoms with Crippen molar-refractivity contribution in [2.75, 3.05) is 23.3 Å². The Bertz CT molecular complexity index is 375. The molecular weight excluding hydrogens is 224 g/mol. The van der Waals surface area contributed by atoms with Crippen LogP contribution in [0.15, 0.2) is 18.2 Å². The maximum Gasteiger partial charge on any atom is 0.211 e. The van der Waals surface area contributed by atoms with Crippen molar-refractivity contribution in [1.29, 1.82) is 0 Å². The van der Waals surface area contributed by atoms with Gasteiger partial charge >= 0.3 is 0 Å². The molecule has 16 heavy (non-hydrogen) atoms. The highest BCUT2D eigenvalue weighted by Crippen LogP contribution is 2.30. The lowest BCUT2D eigenvalue weighted by molar-refractivity contribution is -0.105. The lowest BCUT2D eigenvalue weighted by Crippen LogP contribution is -2.30. The van der Waals surface area contributed by atoms with Crippen molar-refractivity contribution in [1.82, 2.24) is 0 Å². The first kappa shape index (κ1) is 11.3. The number of hydrogen-bond acceptors (Lipinski definition) is 2. The van der Waals surface area contributed by atoms with Gasteiger partial charge in [0.05, 0.1) is 11.4 Å². The van der Waals surface area contributed by atoms with Crippen LogP contribution in [-0.2, 0) is 4.79 Å². The second kappa shape index (κ2) is 5.21. The summed E-state index contributed by atoms with van der Waals surface area (Å²) < 4.78 is 0. The zero-order valence-corrected chi connectivity index (χ0v) is 9.83. The first-order valence-corrected chi connectivity index (χ1v) is 5.94. The molecule has 0 saturated carbocycles. The van der Waals surface area contributed by atoms with Crippen LogP contribution >= 0.6 is 11.6 Å². The number of amides is 1. The topological polar surface area (TPSA) is 32.3 Å². The normalized spacial score (nSPS) is 15.9. The van der Waals surface area contributed by atoms with E-state index in [0.717, 1.165) is 24.5 Å². The number of benzene rings is 1. The van der Waals surface area contributed by atoms with Crippen molar-refractivity contribution >= 4 is 29.4 Å². The minimum atomic E-state index is 0.644. The molecule has 4 heteroatoms. The van der Waals surface area contributed by atoms with Crippen LogP contribution in [0, 0.1) is 0 Å². The Morgan fingerprint density at radius 1 is 1.25 bits per heavy atom. The Morgan fingerprint density at radius 2 is 2.00 bits per heavy atom. The Labute approximate surface area is 100 Å². The molecule has 1 aromatic rings. The van der Waals surface area contributed by atoms with Crippen molar-refractivity contribution in [3.05, 3.63) is 23.2 Å². The highest BCUT2D eigenvalue weighted by Gasteiger charge is 2.14. The highest BCUT2D eigenvalue weighted by atomic mass is 35.5. The van der Waals surface area contributed by atoms with Gasteiger partial charge in [-0.2, -0.15) is 0 Å². The molecule has 1 aromatic carbocycles. The Kier molecular flexibility index (Phi) is 3.67. The second-order valence-corrected chi connectivity index (χ2v) is 4.41. The van der Waals surface area contributed by atoms with Gasteiger partial charge in [-0.1, -0.05) is 11.6 Å². The molecule has 1 heterocycles. The van der Waals surface area contributed by atoms with Gasteiger partial charge in [-0.25, -0.2) is 0 Å². The van der Waals surface area contributed by atoms with Crippen LogP contribution in [0.5, 0.6) is 0 Å². The lowest BCUT2D eigenvalue weighted by Gasteiger charge is -2.30. The maximum absolute atomic E-state index is 10.5. The minimum absolute atomic E-state index is 0.644. The van der Waals surface area contributed by atoms with E-state index in [2.05, 4.69) is 10.2 Å². The van der Waals surface area contributed by atoms with Crippen LogP contribution in [0.4, 0.5) is 11.4 Å². The monoisotopic (exact) mass is 238 g/mol. The highest BCUT2D eigenvalue weighted by molar-refractivity contribution is 6.31. The van der Waals surface area contributed by atoms with Crippen LogP contribution < -0.4 is 10.2 Å². The third-order valence-electron chi connectivity index (χ3n) is 2.87. The molecule has 1 saturated heterocycles. The maximum atomic E-state index is 10.5. The summed E-state index contributed by atoms with van der Waals surface area (Å²) in [5.41, 5.74) is 1.86. The van der Waals surface area contributed by atoms with Gasteiger partial charge in [-0.05, 0) is 37.5 Å². The number of nitrogens with one attached hydrogen (secondary N) is 1. The van der Waals surface area contributed by atoms with Crippen molar-refractivity contribution in [3.63, 3.8) is 0 Å². The van der Waals surface area contributed by atoms with Gasteiger partial charge in [0.15, 0.2) is 0 Å². The van der Waals surface area contributed by atoms with Gasteiger partial charge in [0, 0.05) is 18.1 Å². The fraction of sp³-hybridized carbons (Fsp3) is 0.417. The number of nitrogens with zero attached hydrogens (tertiary/aromatic N) is 1. The van der Waals surface area contributed by atoms with E-state index in [-0.39, 0.29) is 0 Å². The third-order valence-corrected chi connectivity index (χ3v) is 3.10. The zero-order valence-electron chi connectivity index (χ0n) is 9.08. The molecule has 0 aromatic heterocycles. The Hall–Kier alpha value is -1.22. The number of piperidine rings is 1. The summed E-state index contributed by atoms with van der Waals surface area (Å²) in [6, 6.07) is 5.63. The van der Waals surface area contributed by atoms with Gasteiger partial charge < -0.3 is 10.2 Å². The largest absolute Gasteiger partial charge is 0.370 e. The molecular formula is C12H15ClN2O. The molecule has 1 N–H and O–H groups in total. The van der Waals surface area contributed by atoms with E-state index < -0.39 is 0 Å². The second-order valence-electron chi connectivity index (χ2n) is 3.97. The molecule has 0 bridgehead atoms. The van der Waals surface area contributed by atoms with Crippen molar-refractivity contribution in [3.8, 4) is 0 Å². The molecule has 0 radical (unpaired) electrons. The Balaban J connectivity index is 2.26. The van der Waals surface area contributed by atoms with E-state index in [1.807, 2.05) is 12.1 Å². The van der Waals surface area contributed by atoms with Crippen LogP contribution in [-0.4, -0.2) is 19.5 Å². The molecule has 0 aliphatic carbocycles. The van der Waals surface area contributed by atoms with E-state index in [1.165, 1.54) is 19.3 Å². The van der Waals surface area contributed by atoms with Crippen LogP contribution in [0.3, 0.4) is 0 Å². The average Bonchev–Trinajstić information content (AvgIpc) is 2.31. The fourth-order valence-electron chi connectivity index (χ4n) is 2.10. The average molecular weight is 239 g/mol. The summed E-state index contributed by atoms with van der Waals surface area (Å²) >= 11 is 5.92. The summed E-state index contributed by atoms with van der Waals surface area (Å²) in [6.45, 7) is 2.10. The molecule has 1 amide bonds. The smallest absolute Gasteiger partial charge is 0.211 e. The van der Waals surface area contributed by atoms with Gasteiger partial charge in [-0.3, -0.25) is 4.79 Å².